The van der Waals surface area contributed by atoms with Crippen LogP contribution in [0, 0.1) is 11.6 Å². The molecule has 0 saturated carbocycles. The molecule has 5 heterocycles. The van der Waals surface area contributed by atoms with E-state index in [0.717, 1.165) is 42.6 Å². The molecule has 0 bridgehead atoms. The van der Waals surface area contributed by atoms with Crippen molar-refractivity contribution in [2.75, 3.05) is 45.6 Å². The van der Waals surface area contributed by atoms with Crippen molar-refractivity contribution in [2.24, 2.45) is 0 Å². The number of likely N-dealkylation sites (N-methyl/N-ethyl adjacent to an activating group) is 1. The molecule has 1 aliphatic rings. The molecule has 9 nitrogen and oxygen atoms in total. The first-order valence-electron chi connectivity index (χ1n) is 14.8. The Labute approximate surface area is 253 Å². The zero-order chi connectivity index (χ0) is 30.2. The number of pyridine rings is 2. The van der Waals surface area contributed by atoms with E-state index >= 15 is 4.39 Å². The Bertz CT molecular complexity index is 1960. The predicted molar refractivity (Wildman–Crippen MR) is 169 cm³/mol. The summed E-state index contributed by atoms with van der Waals surface area (Å²) in [6, 6.07) is 11.9. The Balaban J connectivity index is 1.24. The third-order valence-corrected chi connectivity index (χ3v) is 8.05. The van der Waals surface area contributed by atoms with E-state index in [1.165, 1.54) is 31.0 Å². The van der Waals surface area contributed by atoms with Crippen molar-refractivity contribution >= 4 is 27.6 Å². The number of H-pyrrole nitrogens is 2. The number of halogens is 2. The number of aromatic amines is 2. The van der Waals surface area contributed by atoms with E-state index in [-0.39, 0.29) is 11.6 Å². The summed E-state index contributed by atoms with van der Waals surface area (Å²) >= 11 is 0. The molecular weight excluding hydrogens is 560 g/mol. The van der Waals surface area contributed by atoms with Crippen molar-refractivity contribution in [2.45, 2.75) is 19.4 Å². The van der Waals surface area contributed by atoms with Crippen molar-refractivity contribution in [1.29, 1.82) is 0 Å². The van der Waals surface area contributed by atoms with Crippen LogP contribution in [0.25, 0.3) is 55.8 Å². The van der Waals surface area contributed by atoms with Gasteiger partial charge in [0.25, 0.3) is 0 Å². The number of fused-ring (bicyclic) bond motifs is 2. The van der Waals surface area contributed by atoms with Crippen LogP contribution in [0.4, 0.5) is 14.5 Å². The summed E-state index contributed by atoms with van der Waals surface area (Å²) in [5.41, 5.74) is 6.47. The van der Waals surface area contributed by atoms with Crippen LogP contribution < -0.4 is 5.32 Å². The van der Waals surface area contributed by atoms with Gasteiger partial charge in [-0.15, -0.1) is 0 Å². The second-order valence-corrected chi connectivity index (χ2v) is 11.6. The second kappa shape index (κ2) is 11.7. The summed E-state index contributed by atoms with van der Waals surface area (Å²) in [4.78, 5) is 21.6. The van der Waals surface area contributed by atoms with E-state index in [9.17, 15) is 4.39 Å². The maximum Gasteiger partial charge on any atom is 0.159 e. The Hall–Kier alpha value is -4.74. The summed E-state index contributed by atoms with van der Waals surface area (Å²) in [7, 11) is 3.98. The first-order valence-corrected chi connectivity index (χ1v) is 14.8. The molecule has 4 aromatic heterocycles. The van der Waals surface area contributed by atoms with Gasteiger partial charge in [0.05, 0.1) is 16.7 Å². The molecule has 6 aromatic rings. The standard InChI is InChI=1S/C33H33F2N9/c1-43(2)10-7-37-24-13-21(12-23(34)14-24)30-32-28(5-6-38-30)39-33(40-32)31-26-15-25(27(35)16-29(26)41-42-31)22-11-20(17-36-18-22)19-44-8-3-4-9-44/h5-6,11-18,37H,3-4,7-10,19H2,1-2H3,(H,39,40)(H,41,42). The Morgan fingerprint density at radius 1 is 0.955 bits per heavy atom. The van der Waals surface area contributed by atoms with Gasteiger partial charge in [-0.2, -0.15) is 5.10 Å². The molecule has 2 aromatic carbocycles. The smallest absolute Gasteiger partial charge is 0.159 e. The number of rotatable bonds is 9. The van der Waals surface area contributed by atoms with E-state index in [0.29, 0.717) is 57.2 Å². The fourth-order valence-corrected chi connectivity index (χ4v) is 5.87. The highest BCUT2D eigenvalue weighted by Crippen LogP contribution is 2.34. The lowest BCUT2D eigenvalue weighted by atomic mass is 10.0. The molecule has 0 atom stereocenters. The highest BCUT2D eigenvalue weighted by Gasteiger charge is 2.19. The first kappa shape index (κ1) is 28.1. The molecule has 224 valence electrons. The molecule has 0 spiro atoms. The van der Waals surface area contributed by atoms with Gasteiger partial charge in [-0.1, -0.05) is 0 Å². The van der Waals surface area contributed by atoms with Gasteiger partial charge in [0.1, 0.15) is 22.8 Å². The van der Waals surface area contributed by atoms with Crippen LogP contribution in [-0.4, -0.2) is 80.2 Å². The van der Waals surface area contributed by atoms with Crippen molar-refractivity contribution in [3.05, 3.63) is 78.3 Å². The average molecular weight is 594 g/mol. The zero-order valence-electron chi connectivity index (χ0n) is 24.7. The number of likely N-dealkylation sites (tertiary alicyclic amines) is 1. The van der Waals surface area contributed by atoms with Gasteiger partial charge in [-0.3, -0.25) is 20.0 Å². The number of benzene rings is 2. The van der Waals surface area contributed by atoms with Gasteiger partial charge in [0.15, 0.2) is 5.82 Å². The van der Waals surface area contributed by atoms with E-state index < -0.39 is 0 Å². The van der Waals surface area contributed by atoms with Crippen LogP contribution in [-0.2, 0) is 6.54 Å². The van der Waals surface area contributed by atoms with Crippen molar-refractivity contribution in [3.8, 4) is 33.9 Å². The lowest BCUT2D eigenvalue weighted by Crippen LogP contribution is -2.20. The molecule has 0 amide bonds. The van der Waals surface area contributed by atoms with Gasteiger partial charge in [-0.05, 0) is 82.0 Å². The van der Waals surface area contributed by atoms with Crippen molar-refractivity contribution < 1.29 is 8.78 Å². The zero-order valence-corrected chi connectivity index (χ0v) is 24.7. The third-order valence-electron chi connectivity index (χ3n) is 8.05. The van der Waals surface area contributed by atoms with Gasteiger partial charge < -0.3 is 15.2 Å². The molecule has 1 aliphatic heterocycles. The number of nitrogens with one attached hydrogen (secondary N) is 3. The van der Waals surface area contributed by atoms with E-state index in [1.54, 1.807) is 18.5 Å². The highest BCUT2D eigenvalue weighted by atomic mass is 19.1. The lowest BCUT2D eigenvalue weighted by molar-refractivity contribution is 0.331. The Kier molecular flexibility index (Phi) is 7.49. The number of aromatic nitrogens is 6. The minimum absolute atomic E-state index is 0.356. The minimum Gasteiger partial charge on any atom is -0.384 e. The monoisotopic (exact) mass is 593 g/mol. The van der Waals surface area contributed by atoms with Crippen molar-refractivity contribution in [1.82, 2.24) is 39.9 Å². The van der Waals surface area contributed by atoms with E-state index in [1.807, 2.05) is 38.5 Å². The van der Waals surface area contributed by atoms with Crippen LogP contribution in [0.2, 0.25) is 0 Å². The summed E-state index contributed by atoms with van der Waals surface area (Å²) in [6.07, 6.45) is 7.63. The normalized spacial score (nSPS) is 13.9. The summed E-state index contributed by atoms with van der Waals surface area (Å²) in [6.45, 7) is 4.44. The molecule has 7 rings (SSSR count). The number of hydrogen-bond acceptors (Lipinski definition) is 7. The quantitative estimate of drug-likeness (QED) is 0.187. The molecule has 0 aliphatic carbocycles. The van der Waals surface area contributed by atoms with Gasteiger partial charge >= 0.3 is 0 Å². The number of hydrogen-bond donors (Lipinski definition) is 3. The van der Waals surface area contributed by atoms with Crippen LogP contribution in [0.5, 0.6) is 0 Å². The first-order chi connectivity index (χ1) is 21.4. The Morgan fingerprint density at radius 3 is 2.66 bits per heavy atom. The van der Waals surface area contributed by atoms with Gasteiger partial charge in [0.2, 0.25) is 0 Å². The largest absolute Gasteiger partial charge is 0.384 e. The average Bonchev–Trinajstić information content (AvgIpc) is 3.76. The number of imidazole rings is 1. The second-order valence-electron chi connectivity index (χ2n) is 11.6. The maximum absolute atomic E-state index is 15.4. The van der Waals surface area contributed by atoms with Crippen LogP contribution in [0.3, 0.4) is 0 Å². The van der Waals surface area contributed by atoms with Gasteiger partial charge in [0, 0.05) is 72.1 Å². The van der Waals surface area contributed by atoms with Crippen LogP contribution in [0.15, 0.2) is 61.1 Å². The van der Waals surface area contributed by atoms with E-state index in [4.69, 9.17) is 4.98 Å². The minimum atomic E-state index is -0.365. The van der Waals surface area contributed by atoms with Crippen LogP contribution in [0.1, 0.15) is 18.4 Å². The summed E-state index contributed by atoms with van der Waals surface area (Å²) in [5, 5.41) is 11.4. The summed E-state index contributed by atoms with van der Waals surface area (Å²) < 4.78 is 30.1. The summed E-state index contributed by atoms with van der Waals surface area (Å²) in [5.74, 6) is -0.221. The predicted octanol–water partition coefficient (Wildman–Crippen LogP) is 6.08. The molecular formula is C33H33F2N9. The maximum atomic E-state index is 15.4. The van der Waals surface area contributed by atoms with Gasteiger partial charge in [-0.25, -0.2) is 13.8 Å². The van der Waals surface area contributed by atoms with E-state index in [2.05, 4.69) is 40.3 Å². The molecule has 0 unspecified atom stereocenters. The van der Waals surface area contributed by atoms with Crippen LogP contribution >= 0.6 is 0 Å². The molecule has 1 saturated heterocycles. The molecule has 11 heteroatoms. The fourth-order valence-electron chi connectivity index (χ4n) is 5.87. The Morgan fingerprint density at radius 2 is 1.82 bits per heavy atom. The highest BCUT2D eigenvalue weighted by molar-refractivity contribution is 5.97. The van der Waals surface area contributed by atoms with Crippen molar-refractivity contribution in [3.63, 3.8) is 0 Å². The molecule has 44 heavy (non-hydrogen) atoms. The molecule has 0 radical (unpaired) electrons. The fraction of sp³-hybridized carbons (Fsp3) is 0.273. The lowest BCUT2D eigenvalue weighted by Gasteiger charge is -2.15. The number of anilines is 1. The molecule has 3 N–H and O–H groups in total. The SMILES string of the molecule is CN(C)CCNc1cc(F)cc(-c2nccc3[nH]c(-c4n[nH]c5cc(F)c(-c6cncc(CN7CCCC7)c6)cc45)nc23)c1. The molecule has 1 fully saturated rings. The number of nitrogens with zero attached hydrogens (tertiary/aromatic N) is 6. The topological polar surface area (TPSA) is 102 Å². The third kappa shape index (κ3) is 5.63.